The number of nitrogens with zero attached hydrogens (tertiary/aromatic N) is 2. The van der Waals surface area contributed by atoms with E-state index in [2.05, 4.69) is 32.9 Å². The molecular formula is C14H20BrN3O. The molecule has 0 radical (unpaired) electrons. The first-order valence-corrected chi connectivity index (χ1v) is 7.47. The quantitative estimate of drug-likeness (QED) is 0.388. The lowest BCUT2D eigenvalue weighted by atomic mass is 9.94. The second-order valence-electron chi connectivity index (χ2n) is 4.99. The van der Waals surface area contributed by atoms with Crippen LogP contribution in [0.2, 0.25) is 0 Å². The number of nitrogens with two attached hydrogens (primary N) is 1. The Labute approximate surface area is 122 Å². The largest absolute Gasteiger partial charge is 0.409 e. The molecule has 19 heavy (non-hydrogen) atoms. The lowest BCUT2D eigenvalue weighted by Gasteiger charge is -2.33. The predicted octanol–water partition coefficient (Wildman–Crippen LogP) is 3.17. The van der Waals surface area contributed by atoms with E-state index in [4.69, 9.17) is 10.9 Å². The van der Waals surface area contributed by atoms with E-state index >= 15 is 0 Å². The zero-order valence-corrected chi connectivity index (χ0v) is 12.7. The Hall–Kier alpha value is -1.23. The highest BCUT2D eigenvalue weighted by Gasteiger charge is 2.18. The molecule has 3 N–H and O–H groups in total. The van der Waals surface area contributed by atoms with Gasteiger partial charge in [0, 0.05) is 28.8 Å². The summed E-state index contributed by atoms with van der Waals surface area (Å²) in [6, 6.07) is 5.96. The third kappa shape index (κ3) is 3.21. The van der Waals surface area contributed by atoms with E-state index in [-0.39, 0.29) is 5.84 Å². The van der Waals surface area contributed by atoms with Gasteiger partial charge in [0.15, 0.2) is 5.84 Å². The molecule has 1 saturated heterocycles. The molecule has 1 aromatic carbocycles. The van der Waals surface area contributed by atoms with Crippen LogP contribution in [-0.4, -0.2) is 24.1 Å². The number of benzene rings is 1. The minimum absolute atomic E-state index is 0.128. The van der Waals surface area contributed by atoms with Gasteiger partial charge >= 0.3 is 0 Å². The molecule has 4 nitrogen and oxygen atoms in total. The molecule has 0 bridgehead atoms. The van der Waals surface area contributed by atoms with Crippen molar-refractivity contribution in [2.75, 3.05) is 18.0 Å². The topological polar surface area (TPSA) is 61.8 Å². The van der Waals surface area contributed by atoms with Crippen LogP contribution in [0.4, 0.5) is 5.69 Å². The molecule has 0 aromatic heterocycles. The third-order valence-corrected chi connectivity index (χ3v) is 4.55. The Bertz CT molecular complexity index is 468. The number of amidine groups is 1. The zero-order valence-electron chi connectivity index (χ0n) is 11.1. The Morgan fingerprint density at radius 3 is 2.68 bits per heavy atom. The van der Waals surface area contributed by atoms with Crippen LogP contribution in [0.15, 0.2) is 27.8 Å². The summed E-state index contributed by atoms with van der Waals surface area (Å²) >= 11 is 3.48. The highest BCUT2D eigenvalue weighted by molar-refractivity contribution is 9.10. The molecule has 2 rings (SSSR count). The van der Waals surface area contributed by atoms with Crippen molar-refractivity contribution in [3.63, 3.8) is 0 Å². The van der Waals surface area contributed by atoms with Gasteiger partial charge in [0.25, 0.3) is 0 Å². The first-order valence-electron chi connectivity index (χ1n) is 6.68. The normalized spacial score (nSPS) is 17.8. The average molecular weight is 326 g/mol. The molecule has 1 heterocycles. The summed E-state index contributed by atoms with van der Waals surface area (Å²) in [5.41, 5.74) is 7.52. The van der Waals surface area contributed by atoms with Crippen molar-refractivity contribution in [1.29, 1.82) is 0 Å². The maximum Gasteiger partial charge on any atom is 0.171 e. The maximum absolute atomic E-state index is 8.72. The monoisotopic (exact) mass is 325 g/mol. The van der Waals surface area contributed by atoms with Crippen LogP contribution in [0, 0.1) is 5.92 Å². The smallest absolute Gasteiger partial charge is 0.171 e. The van der Waals surface area contributed by atoms with E-state index in [0.717, 1.165) is 29.0 Å². The van der Waals surface area contributed by atoms with Gasteiger partial charge in [-0.05, 0) is 52.9 Å². The predicted molar refractivity (Wildman–Crippen MR) is 81.9 cm³/mol. The molecule has 104 valence electrons. The van der Waals surface area contributed by atoms with Gasteiger partial charge < -0.3 is 15.8 Å². The summed E-state index contributed by atoms with van der Waals surface area (Å²) in [4.78, 5) is 2.40. The Morgan fingerprint density at radius 1 is 1.47 bits per heavy atom. The van der Waals surface area contributed by atoms with Crippen molar-refractivity contribution in [2.24, 2.45) is 16.8 Å². The Balaban J connectivity index is 2.12. The number of hydrogen-bond donors (Lipinski definition) is 2. The molecule has 0 atom stereocenters. The number of oxime groups is 1. The average Bonchev–Trinajstić information content (AvgIpc) is 2.46. The fourth-order valence-corrected chi connectivity index (χ4v) is 3.13. The maximum atomic E-state index is 8.72. The first kappa shape index (κ1) is 14.2. The van der Waals surface area contributed by atoms with Crippen molar-refractivity contribution in [3.8, 4) is 0 Å². The lowest BCUT2D eigenvalue weighted by molar-refractivity contribution is 0.318. The lowest BCUT2D eigenvalue weighted by Crippen LogP contribution is -2.33. The summed E-state index contributed by atoms with van der Waals surface area (Å²) in [6.07, 6.45) is 3.80. The van der Waals surface area contributed by atoms with Crippen LogP contribution in [0.25, 0.3) is 0 Å². The van der Waals surface area contributed by atoms with Gasteiger partial charge in [-0.2, -0.15) is 0 Å². The standard InChI is InChI=1S/C14H20BrN3O/c1-2-10-5-7-18(8-6-10)11-3-4-12(13(15)9-11)14(16)17-19/h3-4,9-10,19H,2,5-8H2,1H3,(H2,16,17). The summed E-state index contributed by atoms with van der Waals surface area (Å²) < 4.78 is 0.859. The SMILES string of the molecule is CCC1CCN(c2ccc(/C(N)=N/O)c(Br)c2)CC1. The molecule has 0 saturated carbocycles. The molecule has 0 unspecified atom stereocenters. The van der Waals surface area contributed by atoms with Crippen molar-refractivity contribution < 1.29 is 5.21 Å². The fourth-order valence-electron chi connectivity index (χ4n) is 2.56. The van der Waals surface area contributed by atoms with Crippen LogP contribution in [0.5, 0.6) is 0 Å². The van der Waals surface area contributed by atoms with Gasteiger partial charge in [-0.1, -0.05) is 18.5 Å². The van der Waals surface area contributed by atoms with Gasteiger partial charge in [-0.3, -0.25) is 0 Å². The summed E-state index contributed by atoms with van der Waals surface area (Å²) in [6.45, 7) is 4.48. The molecule has 1 aliphatic heterocycles. The second kappa shape index (κ2) is 6.28. The fraction of sp³-hybridized carbons (Fsp3) is 0.500. The van der Waals surface area contributed by atoms with Gasteiger partial charge in [0.2, 0.25) is 0 Å². The van der Waals surface area contributed by atoms with E-state index in [1.165, 1.54) is 24.9 Å². The molecular weight excluding hydrogens is 306 g/mol. The summed E-state index contributed by atoms with van der Waals surface area (Å²) in [5.74, 6) is 0.999. The van der Waals surface area contributed by atoms with E-state index < -0.39 is 0 Å². The number of rotatable bonds is 3. The van der Waals surface area contributed by atoms with E-state index in [9.17, 15) is 0 Å². The molecule has 1 fully saturated rings. The van der Waals surface area contributed by atoms with E-state index in [1.54, 1.807) is 0 Å². The first-order chi connectivity index (χ1) is 9.15. The number of hydrogen-bond acceptors (Lipinski definition) is 3. The van der Waals surface area contributed by atoms with Gasteiger partial charge in [-0.15, -0.1) is 0 Å². The van der Waals surface area contributed by atoms with Crippen molar-refractivity contribution >= 4 is 27.5 Å². The van der Waals surface area contributed by atoms with E-state index in [1.807, 2.05) is 18.2 Å². The molecule has 5 heteroatoms. The van der Waals surface area contributed by atoms with Crippen LogP contribution < -0.4 is 10.6 Å². The molecule has 0 spiro atoms. The molecule has 0 amide bonds. The van der Waals surface area contributed by atoms with Crippen LogP contribution in [0.3, 0.4) is 0 Å². The van der Waals surface area contributed by atoms with Crippen LogP contribution in [0.1, 0.15) is 31.7 Å². The van der Waals surface area contributed by atoms with Gasteiger partial charge in [-0.25, -0.2) is 0 Å². The number of anilines is 1. The van der Waals surface area contributed by atoms with Crippen molar-refractivity contribution in [2.45, 2.75) is 26.2 Å². The Kier molecular flexibility index (Phi) is 4.69. The summed E-state index contributed by atoms with van der Waals surface area (Å²) in [7, 11) is 0. The third-order valence-electron chi connectivity index (χ3n) is 3.89. The van der Waals surface area contributed by atoms with Crippen LogP contribution in [-0.2, 0) is 0 Å². The van der Waals surface area contributed by atoms with Crippen molar-refractivity contribution in [3.05, 3.63) is 28.2 Å². The van der Waals surface area contributed by atoms with E-state index in [0.29, 0.717) is 0 Å². The van der Waals surface area contributed by atoms with Gasteiger partial charge in [0.05, 0.1) is 0 Å². The Morgan fingerprint density at radius 2 is 2.16 bits per heavy atom. The highest BCUT2D eigenvalue weighted by atomic mass is 79.9. The minimum atomic E-state index is 0.128. The minimum Gasteiger partial charge on any atom is -0.409 e. The number of halogens is 1. The molecule has 1 aliphatic rings. The summed E-state index contributed by atoms with van der Waals surface area (Å²) in [5, 5.41) is 11.8. The zero-order chi connectivity index (χ0) is 13.8. The van der Waals surface area contributed by atoms with Crippen molar-refractivity contribution in [1.82, 2.24) is 0 Å². The number of piperidine rings is 1. The second-order valence-corrected chi connectivity index (χ2v) is 5.84. The highest BCUT2D eigenvalue weighted by Crippen LogP contribution is 2.28. The molecule has 0 aliphatic carbocycles. The van der Waals surface area contributed by atoms with Gasteiger partial charge in [0.1, 0.15) is 0 Å². The van der Waals surface area contributed by atoms with Crippen LogP contribution >= 0.6 is 15.9 Å². The molecule has 1 aromatic rings.